The predicted octanol–water partition coefficient (Wildman–Crippen LogP) is 2.28. The number of hydrogen-bond acceptors (Lipinski definition) is 2. The molecule has 1 aliphatic carbocycles. The van der Waals surface area contributed by atoms with Crippen LogP contribution in [0.3, 0.4) is 0 Å². The van der Waals surface area contributed by atoms with Gasteiger partial charge in [-0.15, -0.1) is 0 Å². The third-order valence-electron chi connectivity index (χ3n) is 2.42. The summed E-state index contributed by atoms with van der Waals surface area (Å²) >= 11 is 0. The molecule has 0 atom stereocenters. The Labute approximate surface area is 74.1 Å². The first-order valence-electron chi connectivity index (χ1n) is 4.18. The summed E-state index contributed by atoms with van der Waals surface area (Å²) in [5.74, 6) is -1.12. The fraction of sp³-hybridized carbons (Fsp3) is 0.875. The minimum absolute atomic E-state index is 0.00331. The van der Waals surface area contributed by atoms with E-state index < -0.39 is 17.6 Å². The van der Waals surface area contributed by atoms with E-state index >= 15 is 0 Å². The van der Waals surface area contributed by atoms with E-state index in [9.17, 15) is 18.0 Å². The van der Waals surface area contributed by atoms with Gasteiger partial charge in [0, 0.05) is 0 Å². The molecule has 0 radical (unpaired) electrons. The molecular weight excluding hydrogens is 185 g/mol. The fourth-order valence-corrected chi connectivity index (χ4v) is 1.40. The van der Waals surface area contributed by atoms with Gasteiger partial charge < -0.3 is 4.74 Å². The van der Waals surface area contributed by atoms with Crippen molar-refractivity contribution in [1.29, 1.82) is 0 Å². The molecule has 0 aliphatic heterocycles. The molecule has 76 valence electrons. The number of carbonyl (C=O) groups excluding carboxylic acids is 1. The number of esters is 1. The molecule has 2 nitrogen and oxygen atoms in total. The molecule has 5 heteroatoms. The minimum atomic E-state index is -4.46. The van der Waals surface area contributed by atoms with E-state index in [1.807, 2.05) is 0 Å². The van der Waals surface area contributed by atoms with Gasteiger partial charge in [0.05, 0.1) is 6.61 Å². The Morgan fingerprint density at radius 2 is 2.00 bits per heavy atom. The van der Waals surface area contributed by atoms with E-state index in [0.29, 0.717) is 6.42 Å². The summed E-state index contributed by atoms with van der Waals surface area (Å²) in [6.07, 6.45) is -4.28. The van der Waals surface area contributed by atoms with E-state index in [1.54, 1.807) is 0 Å². The Bertz CT molecular complexity index is 206. The second-order valence-electron chi connectivity index (χ2n) is 3.15. The molecule has 13 heavy (non-hydrogen) atoms. The first kappa shape index (κ1) is 10.3. The molecule has 0 aromatic carbocycles. The van der Waals surface area contributed by atoms with E-state index in [2.05, 4.69) is 4.74 Å². The average Bonchev–Trinajstić information content (AvgIpc) is 1.80. The van der Waals surface area contributed by atoms with Gasteiger partial charge in [0.2, 0.25) is 0 Å². The highest BCUT2D eigenvalue weighted by Crippen LogP contribution is 2.53. The van der Waals surface area contributed by atoms with Gasteiger partial charge in [-0.05, 0) is 19.8 Å². The van der Waals surface area contributed by atoms with Crippen LogP contribution in [-0.4, -0.2) is 18.8 Å². The molecule has 1 saturated carbocycles. The van der Waals surface area contributed by atoms with Crippen LogP contribution in [0.2, 0.25) is 0 Å². The van der Waals surface area contributed by atoms with Crippen molar-refractivity contribution in [3.8, 4) is 0 Å². The van der Waals surface area contributed by atoms with Crippen molar-refractivity contribution in [3.05, 3.63) is 0 Å². The summed E-state index contributed by atoms with van der Waals surface area (Å²) in [6.45, 7) is 1.50. The van der Waals surface area contributed by atoms with Crippen molar-refractivity contribution >= 4 is 5.97 Å². The summed E-state index contributed by atoms with van der Waals surface area (Å²) < 4.78 is 41.7. The van der Waals surface area contributed by atoms with E-state index in [1.165, 1.54) is 6.92 Å². The van der Waals surface area contributed by atoms with Gasteiger partial charge in [-0.2, -0.15) is 13.2 Å². The second kappa shape index (κ2) is 3.20. The molecule has 0 unspecified atom stereocenters. The standard InChI is InChI=1S/C8H11F3O2/c1-2-13-6(12)7(4-3-5-7)8(9,10)11/h2-5H2,1H3. The maximum atomic E-state index is 12.4. The third-order valence-corrected chi connectivity index (χ3v) is 2.42. The third kappa shape index (κ3) is 1.51. The predicted molar refractivity (Wildman–Crippen MR) is 39.0 cm³/mol. The maximum absolute atomic E-state index is 12.4. The zero-order valence-electron chi connectivity index (χ0n) is 7.28. The largest absolute Gasteiger partial charge is 0.465 e. The molecule has 0 bridgehead atoms. The molecule has 0 heterocycles. The van der Waals surface area contributed by atoms with Gasteiger partial charge in [0.1, 0.15) is 0 Å². The van der Waals surface area contributed by atoms with Crippen molar-refractivity contribution in [3.63, 3.8) is 0 Å². The van der Waals surface area contributed by atoms with Crippen molar-refractivity contribution in [2.75, 3.05) is 6.61 Å². The van der Waals surface area contributed by atoms with E-state index in [0.717, 1.165) is 0 Å². The minimum Gasteiger partial charge on any atom is -0.465 e. The van der Waals surface area contributed by atoms with Crippen molar-refractivity contribution in [2.24, 2.45) is 5.41 Å². The maximum Gasteiger partial charge on any atom is 0.404 e. The van der Waals surface area contributed by atoms with Crippen LogP contribution in [0, 0.1) is 5.41 Å². The Hall–Kier alpha value is -0.740. The lowest BCUT2D eigenvalue weighted by molar-refractivity contribution is -0.254. The monoisotopic (exact) mass is 196 g/mol. The summed E-state index contributed by atoms with van der Waals surface area (Å²) in [6, 6.07) is 0. The number of rotatable bonds is 2. The van der Waals surface area contributed by atoms with Gasteiger partial charge >= 0.3 is 12.1 Å². The normalized spacial score (nSPS) is 20.6. The summed E-state index contributed by atoms with van der Waals surface area (Å²) in [5.41, 5.74) is -2.19. The van der Waals surface area contributed by atoms with Crippen LogP contribution < -0.4 is 0 Å². The van der Waals surface area contributed by atoms with Crippen molar-refractivity contribution in [1.82, 2.24) is 0 Å². The molecule has 1 fully saturated rings. The Morgan fingerprint density at radius 3 is 2.23 bits per heavy atom. The lowest BCUT2D eigenvalue weighted by atomic mass is 9.68. The van der Waals surface area contributed by atoms with Crippen molar-refractivity contribution in [2.45, 2.75) is 32.4 Å². The fourth-order valence-electron chi connectivity index (χ4n) is 1.40. The van der Waals surface area contributed by atoms with Crippen LogP contribution in [0.4, 0.5) is 13.2 Å². The molecule has 0 amide bonds. The molecule has 0 aromatic rings. The zero-order valence-corrected chi connectivity index (χ0v) is 7.28. The Kier molecular flexibility index (Phi) is 2.54. The summed E-state index contributed by atoms with van der Waals surface area (Å²) in [7, 11) is 0. The molecule has 1 rings (SSSR count). The highest BCUT2D eigenvalue weighted by molar-refractivity contribution is 5.78. The van der Waals surface area contributed by atoms with Gasteiger partial charge in [-0.25, -0.2) is 0 Å². The van der Waals surface area contributed by atoms with Crippen molar-refractivity contribution < 1.29 is 22.7 Å². The van der Waals surface area contributed by atoms with Crippen LogP contribution >= 0.6 is 0 Å². The Morgan fingerprint density at radius 1 is 1.46 bits per heavy atom. The van der Waals surface area contributed by atoms with E-state index in [4.69, 9.17) is 0 Å². The number of alkyl halides is 3. The molecule has 0 saturated heterocycles. The van der Waals surface area contributed by atoms with Crippen LogP contribution in [0.15, 0.2) is 0 Å². The highest BCUT2D eigenvalue weighted by atomic mass is 19.4. The summed E-state index contributed by atoms with van der Waals surface area (Å²) in [4.78, 5) is 11.1. The average molecular weight is 196 g/mol. The van der Waals surface area contributed by atoms with Crippen LogP contribution in [-0.2, 0) is 9.53 Å². The number of ether oxygens (including phenoxy) is 1. The first-order chi connectivity index (χ1) is 5.94. The quantitative estimate of drug-likeness (QED) is 0.633. The lowest BCUT2D eigenvalue weighted by Gasteiger charge is -2.40. The lowest BCUT2D eigenvalue weighted by Crippen LogP contribution is -2.51. The van der Waals surface area contributed by atoms with E-state index in [-0.39, 0.29) is 19.4 Å². The molecule has 1 aliphatic rings. The molecule has 0 N–H and O–H groups in total. The van der Waals surface area contributed by atoms with Gasteiger partial charge in [0.15, 0.2) is 5.41 Å². The number of halogens is 3. The van der Waals surface area contributed by atoms with Gasteiger partial charge in [-0.3, -0.25) is 4.79 Å². The molecule has 0 aromatic heterocycles. The van der Waals surface area contributed by atoms with Gasteiger partial charge in [0.25, 0.3) is 0 Å². The first-order valence-corrected chi connectivity index (χ1v) is 4.18. The molecule has 0 spiro atoms. The van der Waals surface area contributed by atoms with Crippen LogP contribution in [0.5, 0.6) is 0 Å². The second-order valence-corrected chi connectivity index (χ2v) is 3.15. The topological polar surface area (TPSA) is 26.3 Å². The van der Waals surface area contributed by atoms with Crippen LogP contribution in [0.25, 0.3) is 0 Å². The van der Waals surface area contributed by atoms with Crippen LogP contribution in [0.1, 0.15) is 26.2 Å². The smallest absolute Gasteiger partial charge is 0.404 e. The SMILES string of the molecule is CCOC(=O)C1(C(F)(F)F)CCC1. The molecular formula is C8H11F3O2. The number of carbonyl (C=O) groups is 1. The highest BCUT2D eigenvalue weighted by Gasteiger charge is 2.64. The van der Waals surface area contributed by atoms with Gasteiger partial charge in [-0.1, -0.05) is 6.42 Å². The summed E-state index contributed by atoms with van der Waals surface area (Å²) in [5, 5.41) is 0. The Balaban J connectivity index is 2.76. The zero-order chi connectivity index (χ0) is 10.1. The number of hydrogen-bond donors (Lipinski definition) is 0.